The summed E-state index contributed by atoms with van der Waals surface area (Å²) in [6.45, 7) is 3.27. The molecule has 166 valence electrons. The van der Waals surface area contributed by atoms with Gasteiger partial charge in [0, 0.05) is 13.6 Å². The molecule has 2 aromatic rings. The zero-order valence-corrected chi connectivity index (χ0v) is 18.2. The fourth-order valence-corrected chi connectivity index (χ4v) is 7.12. The summed E-state index contributed by atoms with van der Waals surface area (Å²) in [6.07, 6.45) is -4.28. The maximum atomic E-state index is 12.9. The summed E-state index contributed by atoms with van der Waals surface area (Å²) in [6, 6.07) is 3.67. The smallest absolute Gasteiger partial charge is 0.271 e. The van der Waals surface area contributed by atoms with Crippen molar-refractivity contribution in [1.29, 1.82) is 0 Å². The largest absolute Gasteiger partial charge is 0.416 e. The van der Waals surface area contributed by atoms with Crippen LogP contribution in [0.5, 0.6) is 0 Å². The number of hydrogen-bond donors (Lipinski definition) is 1. The summed E-state index contributed by atoms with van der Waals surface area (Å²) in [5, 5.41) is 3.24. The molecule has 0 radical (unpaired) electrons. The molecule has 1 aromatic carbocycles. The predicted molar refractivity (Wildman–Crippen MR) is 103 cm³/mol. The number of sulfonamides is 1. The Labute approximate surface area is 173 Å². The number of rotatable bonds is 6. The molecule has 1 saturated carbocycles. The molecule has 1 heterocycles. The van der Waals surface area contributed by atoms with E-state index in [0.717, 1.165) is 18.2 Å². The van der Waals surface area contributed by atoms with Crippen LogP contribution in [0.2, 0.25) is 0 Å². The molecular formula is C18H22F3N3O4S2. The van der Waals surface area contributed by atoms with Crippen molar-refractivity contribution in [1.82, 2.24) is 14.5 Å². The fourth-order valence-electron chi connectivity index (χ4n) is 3.58. The van der Waals surface area contributed by atoms with Crippen molar-refractivity contribution >= 4 is 19.9 Å². The number of nitrogens with one attached hydrogen (secondary N) is 1. The van der Waals surface area contributed by atoms with Gasteiger partial charge in [0.05, 0.1) is 27.1 Å². The first-order chi connectivity index (χ1) is 13.7. The summed E-state index contributed by atoms with van der Waals surface area (Å²) in [7, 11) is -6.10. The highest BCUT2D eigenvalue weighted by Gasteiger charge is 2.41. The Morgan fingerprint density at radius 3 is 2.33 bits per heavy atom. The number of nitrogens with zero attached hydrogens (tertiary/aromatic N) is 2. The van der Waals surface area contributed by atoms with E-state index in [0.29, 0.717) is 17.5 Å². The van der Waals surface area contributed by atoms with Gasteiger partial charge in [0.25, 0.3) is 0 Å². The van der Waals surface area contributed by atoms with Gasteiger partial charge in [0.15, 0.2) is 9.84 Å². The molecule has 7 nitrogen and oxygen atoms in total. The van der Waals surface area contributed by atoms with Gasteiger partial charge in [-0.05, 0) is 50.8 Å². The molecule has 3 rings (SSSR count). The van der Waals surface area contributed by atoms with Crippen molar-refractivity contribution in [2.45, 2.75) is 47.9 Å². The van der Waals surface area contributed by atoms with Gasteiger partial charge in [-0.1, -0.05) is 6.07 Å². The number of aryl methyl sites for hydroxylation is 2. The van der Waals surface area contributed by atoms with Crippen molar-refractivity contribution in [3.05, 3.63) is 41.2 Å². The second-order valence-corrected chi connectivity index (χ2v) is 11.4. The van der Waals surface area contributed by atoms with Gasteiger partial charge >= 0.3 is 6.18 Å². The van der Waals surface area contributed by atoms with Gasteiger partial charge in [-0.25, -0.2) is 21.6 Å². The lowest BCUT2D eigenvalue weighted by Crippen LogP contribution is -2.42. The van der Waals surface area contributed by atoms with Gasteiger partial charge in [-0.15, -0.1) is 0 Å². The standard InChI is InChI=1S/C18H22F3N3O4S2/c1-11-17(12(2)24(3)23-11)30(27,28)22-10-13-7-16(8-13)29(25,26)15-6-4-5-14(9-15)18(19,20)21/h4-6,9,13,16,22H,7-8,10H2,1-3H3. The molecule has 12 heteroatoms. The molecular weight excluding hydrogens is 443 g/mol. The van der Waals surface area contributed by atoms with Crippen LogP contribution >= 0.6 is 0 Å². The van der Waals surface area contributed by atoms with Crippen molar-refractivity contribution in [2.24, 2.45) is 13.0 Å². The van der Waals surface area contributed by atoms with Crippen LogP contribution in [0.1, 0.15) is 29.8 Å². The van der Waals surface area contributed by atoms with Gasteiger partial charge in [-0.3, -0.25) is 4.68 Å². The van der Waals surface area contributed by atoms with E-state index in [9.17, 15) is 30.0 Å². The second kappa shape index (κ2) is 7.65. The lowest BCUT2D eigenvalue weighted by molar-refractivity contribution is -0.137. The molecule has 1 fully saturated rings. The van der Waals surface area contributed by atoms with E-state index in [1.807, 2.05) is 0 Å². The Kier molecular flexibility index (Phi) is 5.80. The van der Waals surface area contributed by atoms with Crippen LogP contribution in [-0.4, -0.2) is 38.4 Å². The molecule has 0 unspecified atom stereocenters. The minimum Gasteiger partial charge on any atom is -0.271 e. The van der Waals surface area contributed by atoms with Gasteiger partial charge in [-0.2, -0.15) is 18.3 Å². The molecule has 0 amide bonds. The molecule has 0 spiro atoms. The van der Waals surface area contributed by atoms with Crippen molar-refractivity contribution < 1.29 is 30.0 Å². The summed E-state index contributed by atoms with van der Waals surface area (Å²) in [5.41, 5.74) is -0.172. The average Bonchev–Trinajstić information content (AvgIpc) is 2.85. The molecule has 0 bridgehead atoms. The van der Waals surface area contributed by atoms with Crippen LogP contribution in [0.4, 0.5) is 13.2 Å². The van der Waals surface area contributed by atoms with Crippen LogP contribution in [0.25, 0.3) is 0 Å². The number of halogens is 3. The lowest BCUT2D eigenvalue weighted by atomic mass is 9.85. The fraction of sp³-hybridized carbons (Fsp3) is 0.500. The Balaban J connectivity index is 1.65. The van der Waals surface area contributed by atoms with Gasteiger partial charge in [0.2, 0.25) is 10.0 Å². The molecule has 0 atom stereocenters. The number of hydrogen-bond acceptors (Lipinski definition) is 5. The third kappa shape index (κ3) is 4.26. The van der Waals surface area contributed by atoms with E-state index in [1.165, 1.54) is 4.68 Å². The monoisotopic (exact) mass is 465 g/mol. The van der Waals surface area contributed by atoms with E-state index in [4.69, 9.17) is 0 Å². The summed E-state index contributed by atoms with van der Waals surface area (Å²) in [5.74, 6) is -0.220. The normalized spacial score (nSPS) is 20.2. The highest BCUT2D eigenvalue weighted by atomic mass is 32.2. The van der Waals surface area contributed by atoms with Crippen LogP contribution in [0.3, 0.4) is 0 Å². The minimum atomic E-state index is -4.63. The first-order valence-corrected chi connectivity index (χ1v) is 12.2. The van der Waals surface area contributed by atoms with E-state index in [2.05, 4.69) is 9.82 Å². The summed E-state index contributed by atoms with van der Waals surface area (Å²) < 4.78 is 93.0. The molecule has 1 N–H and O–H groups in total. The number of alkyl halides is 3. The van der Waals surface area contributed by atoms with Crippen molar-refractivity contribution in [3.8, 4) is 0 Å². The van der Waals surface area contributed by atoms with Crippen LogP contribution in [-0.2, 0) is 33.1 Å². The number of aromatic nitrogens is 2. The van der Waals surface area contributed by atoms with Crippen LogP contribution in [0, 0.1) is 19.8 Å². The zero-order valence-electron chi connectivity index (χ0n) is 16.6. The second-order valence-electron chi connectivity index (χ2n) is 7.51. The Bertz CT molecular complexity index is 1170. The SMILES string of the molecule is Cc1nn(C)c(C)c1S(=O)(=O)NCC1CC(S(=O)(=O)c2cccc(C(F)(F)F)c2)C1. The molecule has 1 aliphatic carbocycles. The molecule has 1 aliphatic rings. The Morgan fingerprint density at radius 1 is 1.17 bits per heavy atom. The first kappa shape index (κ1) is 22.8. The van der Waals surface area contributed by atoms with Crippen LogP contribution < -0.4 is 4.72 Å². The number of benzene rings is 1. The topological polar surface area (TPSA) is 98.1 Å². The van der Waals surface area contributed by atoms with E-state index < -0.39 is 36.9 Å². The third-order valence-corrected chi connectivity index (χ3v) is 9.24. The highest BCUT2D eigenvalue weighted by Crippen LogP contribution is 2.38. The molecule has 30 heavy (non-hydrogen) atoms. The lowest BCUT2D eigenvalue weighted by Gasteiger charge is -2.34. The third-order valence-electron chi connectivity index (χ3n) is 5.39. The predicted octanol–water partition coefficient (Wildman–Crippen LogP) is 2.59. The molecule has 1 aromatic heterocycles. The minimum absolute atomic E-state index is 0.0463. The quantitative estimate of drug-likeness (QED) is 0.707. The van der Waals surface area contributed by atoms with E-state index >= 15 is 0 Å². The van der Waals surface area contributed by atoms with Crippen LogP contribution in [0.15, 0.2) is 34.1 Å². The maximum absolute atomic E-state index is 12.9. The Morgan fingerprint density at radius 2 is 1.80 bits per heavy atom. The van der Waals surface area contributed by atoms with E-state index in [-0.39, 0.29) is 35.1 Å². The zero-order chi connectivity index (χ0) is 22.5. The summed E-state index contributed by atoms with van der Waals surface area (Å²) in [4.78, 5) is -0.277. The van der Waals surface area contributed by atoms with Gasteiger partial charge < -0.3 is 0 Å². The number of sulfone groups is 1. The van der Waals surface area contributed by atoms with Crippen molar-refractivity contribution in [3.63, 3.8) is 0 Å². The molecule has 0 saturated heterocycles. The van der Waals surface area contributed by atoms with E-state index in [1.54, 1.807) is 20.9 Å². The molecule has 0 aliphatic heterocycles. The Hall–Kier alpha value is -1.92. The first-order valence-electron chi connectivity index (χ1n) is 9.14. The van der Waals surface area contributed by atoms with Crippen molar-refractivity contribution in [2.75, 3.05) is 6.54 Å². The highest BCUT2D eigenvalue weighted by molar-refractivity contribution is 7.92. The summed E-state index contributed by atoms with van der Waals surface area (Å²) >= 11 is 0. The van der Waals surface area contributed by atoms with Gasteiger partial charge in [0.1, 0.15) is 4.90 Å². The average molecular weight is 466 g/mol. The maximum Gasteiger partial charge on any atom is 0.416 e.